The van der Waals surface area contributed by atoms with Gasteiger partial charge in [0.05, 0.1) is 15.8 Å². The average molecular weight is 325 g/mol. The molecule has 4 nitrogen and oxygen atoms in total. The van der Waals surface area contributed by atoms with Crippen LogP contribution < -0.4 is 5.32 Å². The number of hydrogen-bond acceptors (Lipinski definition) is 4. The van der Waals surface area contributed by atoms with Crippen molar-refractivity contribution in [3.8, 4) is 0 Å². The predicted octanol–water partition coefficient (Wildman–Crippen LogP) is 4.59. The van der Waals surface area contributed by atoms with E-state index in [1.807, 2.05) is 19.1 Å². The van der Waals surface area contributed by atoms with Gasteiger partial charge in [-0.25, -0.2) is 4.98 Å². The highest BCUT2D eigenvalue weighted by molar-refractivity contribution is 7.22. The smallest absolute Gasteiger partial charge is 0.259 e. The Morgan fingerprint density at radius 1 is 1.26 bits per heavy atom. The van der Waals surface area contributed by atoms with Crippen LogP contribution in [0.1, 0.15) is 41.4 Å². The summed E-state index contributed by atoms with van der Waals surface area (Å²) in [5.74, 6) is -0.178. The maximum atomic E-state index is 12.2. The van der Waals surface area contributed by atoms with Gasteiger partial charge in [-0.15, -0.1) is 0 Å². The third-order valence-corrected chi connectivity index (χ3v) is 4.60. The van der Waals surface area contributed by atoms with E-state index >= 15 is 0 Å². The summed E-state index contributed by atoms with van der Waals surface area (Å²) in [5, 5.41) is 3.48. The first-order valence-corrected chi connectivity index (χ1v) is 8.61. The molecule has 1 aromatic carbocycles. The number of aromatic nitrogens is 2. The number of hydrogen-bond donors (Lipinski definition) is 1. The summed E-state index contributed by atoms with van der Waals surface area (Å²) in [6, 6.07) is 9.92. The van der Waals surface area contributed by atoms with E-state index in [9.17, 15) is 4.79 Å². The Morgan fingerprint density at radius 3 is 2.87 bits per heavy atom. The zero-order valence-electron chi connectivity index (χ0n) is 13.3. The van der Waals surface area contributed by atoms with Gasteiger partial charge in [-0.3, -0.25) is 15.1 Å². The lowest BCUT2D eigenvalue weighted by Crippen LogP contribution is -2.11. The summed E-state index contributed by atoms with van der Waals surface area (Å²) < 4.78 is 1.11. The minimum absolute atomic E-state index is 0.178. The topological polar surface area (TPSA) is 54.9 Å². The van der Waals surface area contributed by atoms with Crippen LogP contribution in [0.25, 0.3) is 10.2 Å². The molecule has 0 aliphatic rings. The molecule has 23 heavy (non-hydrogen) atoms. The maximum absolute atomic E-state index is 12.2. The molecule has 2 aromatic heterocycles. The first-order valence-electron chi connectivity index (χ1n) is 7.79. The van der Waals surface area contributed by atoms with Crippen molar-refractivity contribution in [2.24, 2.45) is 0 Å². The van der Waals surface area contributed by atoms with Crippen molar-refractivity contribution in [1.29, 1.82) is 0 Å². The van der Waals surface area contributed by atoms with Gasteiger partial charge in [0.1, 0.15) is 0 Å². The second-order valence-corrected chi connectivity index (χ2v) is 6.60. The number of benzene rings is 1. The quantitative estimate of drug-likeness (QED) is 0.746. The number of anilines is 1. The number of fused-ring (bicyclic) bond motifs is 1. The Bertz CT molecular complexity index is 824. The third-order valence-electron chi connectivity index (χ3n) is 3.67. The SMILES string of the molecule is CCCCc1ccc2nc(NC(=O)c3ccc(C)nc3)sc2c1. The lowest BCUT2D eigenvalue weighted by Gasteiger charge is -2.01. The van der Waals surface area contributed by atoms with Crippen LogP contribution in [-0.2, 0) is 6.42 Å². The van der Waals surface area contributed by atoms with Gasteiger partial charge in [-0.2, -0.15) is 0 Å². The minimum Gasteiger partial charge on any atom is -0.298 e. The molecule has 2 heterocycles. The number of amides is 1. The summed E-state index contributed by atoms with van der Waals surface area (Å²) in [7, 11) is 0. The molecule has 5 heteroatoms. The molecule has 3 aromatic rings. The van der Waals surface area contributed by atoms with E-state index in [1.165, 1.54) is 29.7 Å². The van der Waals surface area contributed by atoms with E-state index in [1.54, 1.807) is 12.3 Å². The van der Waals surface area contributed by atoms with E-state index in [2.05, 4.69) is 34.3 Å². The van der Waals surface area contributed by atoms with Gasteiger partial charge in [0.15, 0.2) is 5.13 Å². The second-order valence-electron chi connectivity index (χ2n) is 5.57. The number of unbranched alkanes of at least 4 members (excludes halogenated alkanes) is 1. The van der Waals surface area contributed by atoms with E-state index in [-0.39, 0.29) is 5.91 Å². The van der Waals surface area contributed by atoms with Crippen LogP contribution >= 0.6 is 11.3 Å². The summed E-state index contributed by atoms with van der Waals surface area (Å²) in [6.45, 7) is 4.09. The Balaban J connectivity index is 1.77. The first-order chi connectivity index (χ1) is 11.2. The summed E-state index contributed by atoms with van der Waals surface area (Å²) in [5.41, 5.74) is 3.68. The molecule has 1 N–H and O–H groups in total. The number of thiazole rings is 1. The number of aryl methyl sites for hydroxylation is 2. The second kappa shape index (κ2) is 6.87. The molecule has 0 fully saturated rings. The van der Waals surface area contributed by atoms with Gasteiger partial charge in [0.25, 0.3) is 5.91 Å². The molecule has 0 radical (unpaired) electrons. The Hall–Kier alpha value is -2.27. The van der Waals surface area contributed by atoms with Crippen LogP contribution in [0, 0.1) is 6.92 Å². The molecular formula is C18H19N3OS. The highest BCUT2D eigenvalue weighted by Crippen LogP contribution is 2.27. The molecule has 0 aliphatic carbocycles. The van der Waals surface area contributed by atoms with Crippen LogP contribution in [0.3, 0.4) is 0 Å². The molecule has 0 bridgehead atoms. The van der Waals surface area contributed by atoms with Crippen molar-refractivity contribution in [3.63, 3.8) is 0 Å². The molecule has 0 spiro atoms. The van der Waals surface area contributed by atoms with E-state index in [4.69, 9.17) is 0 Å². The predicted molar refractivity (Wildman–Crippen MR) is 95.2 cm³/mol. The molecule has 0 saturated heterocycles. The summed E-state index contributed by atoms with van der Waals surface area (Å²) in [6.07, 6.45) is 5.04. The fourth-order valence-corrected chi connectivity index (χ4v) is 3.25. The van der Waals surface area contributed by atoms with Crippen LogP contribution in [0.15, 0.2) is 36.5 Å². The standard InChI is InChI=1S/C18H19N3OS/c1-3-4-5-13-7-9-15-16(10-13)23-18(20-15)21-17(22)14-8-6-12(2)19-11-14/h6-11H,3-5H2,1-2H3,(H,20,21,22). The van der Waals surface area contributed by atoms with Crippen LogP contribution in [0.2, 0.25) is 0 Å². The first kappa shape index (κ1) is 15.6. The molecule has 1 amide bonds. The van der Waals surface area contributed by atoms with E-state index in [0.29, 0.717) is 10.7 Å². The number of rotatable bonds is 5. The zero-order valence-corrected chi connectivity index (χ0v) is 14.1. The fraction of sp³-hybridized carbons (Fsp3) is 0.278. The number of nitrogens with one attached hydrogen (secondary N) is 1. The van der Waals surface area contributed by atoms with Gasteiger partial charge in [-0.05, 0) is 49.6 Å². The van der Waals surface area contributed by atoms with Crippen molar-refractivity contribution in [3.05, 3.63) is 53.3 Å². The van der Waals surface area contributed by atoms with E-state index in [0.717, 1.165) is 22.3 Å². The van der Waals surface area contributed by atoms with Gasteiger partial charge in [-0.1, -0.05) is 30.7 Å². The third kappa shape index (κ3) is 3.74. The lowest BCUT2D eigenvalue weighted by molar-refractivity contribution is 0.102. The zero-order chi connectivity index (χ0) is 16.2. The summed E-state index contributed by atoms with van der Waals surface area (Å²) in [4.78, 5) is 20.9. The number of pyridine rings is 1. The van der Waals surface area contributed by atoms with Crippen LogP contribution in [0.4, 0.5) is 5.13 Å². The van der Waals surface area contributed by atoms with Crippen molar-refractivity contribution in [2.75, 3.05) is 5.32 Å². The van der Waals surface area contributed by atoms with Gasteiger partial charge in [0, 0.05) is 11.9 Å². The molecular weight excluding hydrogens is 306 g/mol. The molecule has 3 rings (SSSR count). The maximum Gasteiger partial charge on any atom is 0.259 e. The van der Waals surface area contributed by atoms with Crippen LogP contribution in [0.5, 0.6) is 0 Å². The largest absolute Gasteiger partial charge is 0.298 e. The monoisotopic (exact) mass is 325 g/mol. The Labute approximate surface area is 139 Å². The van der Waals surface area contributed by atoms with Crippen molar-refractivity contribution < 1.29 is 4.79 Å². The molecule has 0 saturated carbocycles. The van der Waals surface area contributed by atoms with Crippen molar-refractivity contribution >= 4 is 32.6 Å². The van der Waals surface area contributed by atoms with E-state index < -0.39 is 0 Å². The van der Waals surface area contributed by atoms with Gasteiger partial charge >= 0.3 is 0 Å². The lowest BCUT2D eigenvalue weighted by atomic mass is 10.1. The highest BCUT2D eigenvalue weighted by atomic mass is 32.1. The molecule has 0 aliphatic heterocycles. The number of carbonyl (C=O) groups excluding carboxylic acids is 1. The number of carbonyl (C=O) groups is 1. The Kier molecular flexibility index (Phi) is 4.67. The number of nitrogens with zero attached hydrogens (tertiary/aromatic N) is 2. The van der Waals surface area contributed by atoms with Crippen molar-refractivity contribution in [2.45, 2.75) is 33.1 Å². The fourth-order valence-electron chi connectivity index (χ4n) is 2.33. The van der Waals surface area contributed by atoms with Gasteiger partial charge < -0.3 is 0 Å². The van der Waals surface area contributed by atoms with Crippen LogP contribution in [-0.4, -0.2) is 15.9 Å². The van der Waals surface area contributed by atoms with Crippen molar-refractivity contribution in [1.82, 2.24) is 9.97 Å². The highest BCUT2D eigenvalue weighted by Gasteiger charge is 2.10. The average Bonchev–Trinajstić information content (AvgIpc) is 2.94. The van der Waals surface area contributed by atoms with Gasteiger partial charge in [0.2, 0.25) is 0 Å². The Morgan fingerprint density at radius 2 is 2.13 bits per heavy atom. The molecule has 0 unspecified atom stereocenters. The normalized spacial score (nSPS) is 10.9. The summed E-state index contributed by atoms with van der Waals surface area (Å²) >= 11 is 1.51. The molecule has 0 atom stereocenters. The molecule has 118 valence electrons. The minimum atomic E-state index is -0.178.